The lowest BCUT2D eigenvalue weighted by Crippen LogP contribution is -2.48. The molecule has 4 rings (SSSR count). The van der Waals surface area contributed by atoms with Gasteiger partial charge >= 0.3 is 6.09 Å². The molecule has 1 aromatic rings. The van der Waals surface area contributed by atoms with Crippen LogP contribution in [0.4, 0.5) is 10.5 Å². The molecule has 1 amide bonds. The number of carbonyl (C=O) groups is 1. The molecule has 0 aliphatic carbocycles. The van der Waals surface area contributed by atoms with Crippen LogP contribution in [0.3, 0.4) is 0 Å². The summed E-state index contributed by atoms with van der Waals surface area (Å²) in [6, 6.07) is 7.08. The molecule has 1 N–H and O–H groups in total. The van der Waals surface area contributed by atoms with Gasteiger partial charge in [-0.25, -0.2) is 4.79 Å². The number of benzene rings is 1. The molecule has 3 aliphatic heterocycles. The number of carboxylic acid groups (broad SMARTS) is 1. The standard InChI is InChI=1S/C15H18N2O2S/c18-15(19)16-5-4-13-12(8-16)11-3-1-2-10-9-20-7-6-17(13)14(10)11/h1-3,12-13H,4-9H2,(H,18,19). The van der Waals surface area contributed by atoms with Crippen molar-refractivity contribution < 1.29 is 9.90 Å². The highest BCUT2D eigenvalue weighted by atomic mass is 32.2. The number of hydrogen-bond donors (Lipinski definition) is 1. The molecule has 0 bridgehead atoms. The number of anilines is 1. The van der Waals surface area contributed by atoms with Crippen molar-refractivity contribution in [2.24, 2.45) is 0 Å². The second-order valence-corrected chi connectivity index (χ2v) is 6.90. The summed E-state index contributed by atoms with van der Waals surface area (Å²) in [5, 5.41) is 9.25. The summed E-state index contributed by atoms with van der Waals surface area (Å²) in [7, 11) is 0. The van der Waals surface area contributed by atoms with Crippen LogP contribution >= 0.6 is 11.8 Å². The van der Waals surface area contributed by atoms with E-state index in [1.165, 1.54) is 22.6 Å². The van der Waals surface area contributed by atoms with Crippen molar-refractivity contribution in [2.75, 3.05) is 30.3 Å². The fourth-order valence-corrected chi connectivity index (χ4v) is 4.88. The van der Waals surface area contributed by atoms with Gasteiger partial charge in [0.1, 0.15) is 0 Å². The zero-order valence-corrected chi connectivity index (χ0v) is 12.1. The lowest BCUT2D eigenvalue weighted by atomic mass is 9.89. The molecule has 2 unspecified atom stereocenters. The minimum Gasteiger partial charge on any atom is -0.465 e. The van der Waals surface area contributed by atoms with Gasteiger partial charge in [0, 0.05) is 48.8 Å². The Morgan fingerprint density at radius 2 is 2.25 bits per heavy atom. The van der Waals surface area contributed by atoms with Crippen LogP contribution < -0.4 is 4.90 Å². The predicted octanol–water partition coefficient (Wildman–Crippen LogP) is 2.59. The van der Waals surface area contributed by atoms with Crippen molar-refractivity contribution in [1.29, 1.82) is 0 Å². The van der Waals surface area contributed by atoms with Crippen LogP contribution in [0.1, 0.15) is 23.5 Å². The summed E-state index contributed by atoms with van der Waals surface area (Å²) in [5.41, 5.74) is 4.22. The van der Waals surface area contributed by atoms with Gasteiger partial charge in [-0.3, -0.25) is 0 Å². The maximum atomic E-state index is 11.2. The van der Waals surface area contributed by atoms with Gasteiger partial charge in [-0.05, 0) is 17.5 Å². The number of nitrogens with zero attached hydrogens (tertiary/aromatic N) is 2. The Kier molecular flexibility index (Phi) is 2.84. The first-order chi connectivity index (χ1) is 9.75. The Balaban J connectivity index is 1.77. The van der Waals surface area contributed by atoms with Crippen molar-refractivity contribution >= 4 is 23.5 Å². The second kappa shape index (κ2) is 4.58. The molecule has 3 aliphatic rings. The van der Waals surface area contributed by atoms with Crippen molar-refractivity contribution in [2.45, 2.75) is 24.1 Å². The number of thioether (sulfide) groups is 1. The van der Waals surface area contributed by atoms with Gasteiger partial charge in [0.05, 0.1) is 0 Å². The summed E-state index contributed by atoms with van der Waals surface area (Å²) in [4.78, 5) is 15.4. The Bertz CT molecular complexity index is 563. The van der Waals surface area contributed by atoms with E-state index < -0.39 is 6.09 Å². The van der Waals surface area contributed by atoms with E-state index in [1.807, 2.05) is 11.8 Å². The van der Waals surface area contributed by atoms with Crippen LogP contribution in [-0.2, 0) is 5.75 Å². The number of para-hydroxylation sites is 1. The van der Waals surface area contributed by atoms with Gasteiger partial charge in [0.2, 0.25) is 0 Å². The molecule has 1 fully saturated rings. The maximum absolute atomic E-state index is 11.2. The topological polar surface area (TPSA) is 43.8 Å². The van der Waals surface area contributed by atoms with Crippen LogP contribution in [0.2, 0.25) is 0 Å². The van der Waals surface area contributed by atoms with Gasteiger partial charge in [0.15, 0.2) is 0 Å². The van der Waals surface area contributed by atoms with E-state index in [2.05, 4.69) is 23.1 Å². The fourth-order valence-electron chi connectivity index (χ4n) is 3.96. The van der Waals surface area contributed by atoms with E-state index in [4.69, 9.17) is 0 Å². The molecule has 1 aromatic carbocycles. The molecule has 4 nitrogen and oxygen atoms in total. The Hall–Kier alpha value is -1.36. The second-order valence-electron chi connectivity index (χ2n) is 5.79. The molecule has 3 heterocycles. The molecular weight excluding hydrogens is 272 g/mol. The monoisotopic (exact) mass is 290 g/mol. The van der Waals surface area contributed by atoms with Gasteiger partial charge in [0.25, 0.3) is 0 Å². The third-order valence-corrected chi connectivity index (χ3v) is 5.81. The summed E-state index contributed by atoms with van der Waals surface area (Å²) in [6.07, 6.45) is 0.178. The highest BCUT2D eigenvalue weighted by molar-refractivity contribution is 7.98. The number of hydrogen-bond acceptors (Lipinski definition) is 3. The molecule has 20 heavy (non-hydrogen) atoms. The van der Waals surface area contributed by atoms with Crippen LogP contribution in [-0.4, -0.2) is 47.5 Å². The first-order valence-corrected chi connectivity index (χ1v) is 8.35. The minimum atomic E-state index is -0.776. The number of rotatable bonds is 0. The summed E-state index contributed by atoms with van der Waals surface area (Å²) in [6.45, 7) is 2.42. The van der Waals surface area contributed by atoms with E-state index in [1.54, 1.807) is 4.90 Å². The normalized spacial score (nSPS) is 27.8. The van der Waals surface area contributed by atoms with E-state index in [-0.39, 0.29) is 0 Å². The molecule has 0 spiro atoms. The van der Waals surface area contributed by atoms with Crippen molar-refractivity contribution in [3.8, 4) is 0 Å². The minimum absolute atomic E-state index is 0.359. The smallest absolute Gasteiger partial charge is 0.407 e. The molecule has 106 valence electrons. The van der Waals surface area contributed by atoms with Crippen LogP contribution in [0.15, 0.2) is 18.2 Å². The van der Waals surface area contributed by atoms with Crippen molar-refractivity contribution in [3.05, 3.63) is 29.3 Å². The number of piperidine rings is 1. The fraction of sp³-hybridized carbons (Fsp3) is 0.533. The molecule has 0 radical (unpaired) electrons. The molecule has 1 saturated heterocycles. The summed E-state index contributed by atoms with van der Waals surface area (Å²) < 4.78 is 0. The first-order valence-electron chi connectivity index (χ1n) is 7.20. The van der Waals surface area contributed by atoms with Crippen LogP contribution in [0.25, 0.3) is 0 Å². The van der Waals surface area contributed by atoms with E-state index in [0.717, 1.165) is 18.7 Å². The van der Waals surface area contributed by atoms with Crippen molar-refractivity contribution in [1.82, 2.24) is 4.90 Å². The summed E-state index contributed by atoms with van der Waals surface area (Å²) in [5.74, 6) is 2.61. The highest BCUT2D eigenvalue weighted by Gasteiger charge is 2.43. The van der Waals surface area contributed by atoms with Gasteiger partial charge < -0.3 is 14.9 Å². The molecule has 2 atom stereocenters. The zero-order chi connectivity index (χ0) is 13.7. The third kappa shape index (κ3) is 1.72. The van der Waals surface area contributed by atoms with Gasteiger partial charge in [-0.15, -0.1) is 0 Å². The Morgan fingerprint density at radius 3 is 3.10 bits per heavy atom. The zero-order valence-electron chi connectivity index (χ0n) is 11.3. The van der Waals surface area contributed by atoms with E-state index in [0.29, 0.717) is 25.0 Å². The number of likely N-dealkylation sites (tertiary alicyclic amines) is 1. The molecule has 0 saturated carbocycles. The maximum Gasteiger partial charge on any atom is 0.407 e. The quantitative estimate of drug-likeness (QED) is 0.797. The van der Waals surface area contributed by atoms with Crippen LogP contribution in [0.5, 0.6) is 0 Å². The molecule has 0 aromatic heterocycles. The first kappa shape index (κ1) is 12.4. The lowest BCUT2D eigenvalue weighted by Gasteiger charge is -2.37. The van der Waals surface area contributed by atoms with Gasteiger partial charge in [-0.2, -0.15) is 11.8 Å². The third-order valence-electron chi connectivity index (χ3n) is 4.82. The average Bonchev–Trinajstić information content (AvgIpc) is 2.63. The predicted molar refractivity (Wildman–Crippen MR) is 80.7 cm³/mol. The number of fused-ring (bicyclic) bond motifs is 3. The Labute approximate surface area is 122 Å². The number of amides is 1. The lowest BCUT2D eigenvalue weighted by molar-refractivity contribution is 0.127. The van der Waals surface area contributed by atoms with E-state index >= 15 is 0 Å². The SMILES string of the molecule is O=C(O)N1CCC2C(C1)c1cccc3c1N2CCSC3. The van der Waals surface area contributed by atoms with Crippen molar-refractivity contribution in [3.63, 3.8) is 0 Å². The van der Waals surface area contributed by atoms with E-state index in [9.17, 15) is 9.90 Å². The molecular formula is C15H18N2O2S. The van der Waals surface area contributed by atoms with Crippen LogP contribution in [0, 0.1) is 0 Å². The highest BCUT2D eigenvalue weighted by Crippen LogP contribution is 2.48. The van der Waals surface area contributed by atoms with Gasteiger partial charge in [-0.1, -0.05) is 18.2 Å². The largest absolute Gasteiger partial charge is 0.465 e. The Morgan fingerprint density at radius 1 is 1.35 bits per heavy atom. The molecule has 5 heteroatoms. The average molecular weight is 290 g/mol. The summed E-state index contributed by atoms with van der Waals surface area (Å²) >= 11 is 2.00.